The number of hydrogen-bond donors (Lipinski definition) is 1. The van der Waals surface area contributed by atoms with Gasteiger partial charge in [-0.15, -0.1) is 0 Å². The van der Waals surface area contributed by atoms with E-state index in [9.17, 15) is 9.90 Å². The van der Waals surface area contributed by atoms with E-state index >= 15 is 0 Å². The van der Waals surface area contributed by atoms with Crippen LogP contribution in [-0.4, -0.2) is 53.5 Å². The van der Waals surface area contributed by atoms with Gasteiger partial charge in [0.15, 0.2) is 0 Å². The molecule has 1 aromatic rings. The van der Waals surface area contributed by atoms with E-state index in [1.807, 2.05) is 25.7 Å². The fourth-order valence-corrected chi connectivity index (χ4v) is 2.49. The van der Waals surface area contributed by atoms with Gasteiger partial charge < -0.3 is 19.5 Å². The molecule has 116 valence electrons. The van der Waals surface area contributed by atoms with Crippen molar-refractivity contribution in [3.63, 3.8) is 0 Å². The number of carboxylic acids is 1. The molecule has 0 radical (unpaired) electrons. The van der Waals surface area contributed by atoms with E-state index in [2.05, 4.69) is 9.97 Å². The number of nitrogens with zero attached hydrogens (tertiary/aromatic N) is 3. The summed E-state index contributed by atoms with van der Waals surface area (Å²) < 4.78 is 10.8. The van der Waals surface area contributed by atoms with Crippen LogP contribution in [0.1, 0.15) is 19.5 Å². The Morgan fingerprint density at radius 1 is 1.48 bits per heavy atom. The Morgan fingerprint density at radius 2 is 2.24 bits per heavy atom. The van der Waals surface area contributed by atoms with E-state index in [4.69, 9.17) is 9.47 Å². The zero-order chi connectivity index (χ0) is 15.4. The van der Waals surface area contributed by atoms with Crippen molar-refractivity contribution in [3.05, 3.63) is 11.8 Å². The summed E-state index contributed by atoms with van der Waals surface area (Å²) in [7, 11) is 0. The number of carboxylic acid groups (broad SMARTS) is 1. The molecule has 7 heteroatoms. The van der Waals surface area contributed by atoms with Gasteiger partial charge in [-0.2, -0.15) is 4.98 Å². The maximum absolute atomic E-state index is 11.3. The van der Waals surface area contributed by atoms with Crippen molar-refractivity contribution in [1.29, 1.82) is 0 Å². The first-order valence-corrected chi connectivity index (χ1v) is 7.12. The highest BCUT2D eigenvalue weighted by atomic mass is 16.5. The number of rotatable bonds is 6. The zero-order valence-electron chi connectivity index (χ0n) is 12.6. The minimum absolute atomic E-state index is 0.223. The van der Waals surface area contributed by atoms with Gasteiger partial charge in [0.05, 0.1) is 25.9 Å². The summed E-state index contributed by atoms with van der Waals surface area (Å²) in [6.07, 6.45) is 0. The lowest BCUT2D eigenvalue weighted by molar-refractivity contribution is -0.141. The molecule has 0 spiro atoms. The third-order valence-corrected chi connectivity index (χ3v) is 3.48. The number of ether oxygens (including phenoxy) is 2. The fraction of sp³-hybridized carbons (Fsp3) is 0.643. The van der Waals surface area contributed by atoms with Crippen LogP contribution >= 0.6 is 0 Å². The summed E-state index contributed by atoms with van der Waals surface area (Å²) in [4.78, 5) is 22.0. The number of aliphatic carboxylic acids is 1. The zero-order valence-corrected chi connectivity index (χ0v) is 12.6. The van der Waals surface area contributed by atoms with Crippen LogP contribution < -0.4 is 9.64 Å². The number of hydrogen-bond acceptors (Lipinski definition) is 6. The summed E-state index contributed by atoms with van der Waals surface area (Å²) in [6, 6.07) is 1.50. The molecule has 0 saturated carbocycles. The van der Waals surface area contributed by atoms with Crippen LogP contribution in [0.5, 0.6) is 5.88 Å². The van der Waals surface area contributed by atoms with Gasteiger partial charge in [-0.3, -0.25) is 4.79 Å². The van der Waals surface area contributed by atoms with Crippen molar-refractivity contribution in [1.82, 2.24) is 9.97 Å². The lowest BCUT2D eigenvalue weighted by Crippen LogP contribution is -2.44. The van der Waals surface area contributed by atoms with Gasteiger partial charge in [-0.25, -0.2) is 4.98 Å². The highest BCUT2D eigenvalue weighted by molar-refractivity contribution is 5.72. The fourth-order valence-electron chi connectivity index (χ4n) is 2.49. The van der Waals surface area contributed by atoms with Crippen molar-refractivity contribution in [2.24, 2.45) is 5.92 Å². The van der Waals surface area contributed by atoms with Gasteiger partial charge in [0.25, 0.3) is 0 Å². The molecule has 0 bridgehead atoms. The minimum atomic E-state index is -0.853. The molecule has 1 aliphatic heterocycles. The average Bonchev–Trinajstić information content (AvgIpc) is 2.89. The van der Waals surface area contributed by atoms with Gasteiger partial charge >= 0.3 is 5.97 Å². The number of likely N-dealkylation sites (N-methyl/N-ethyl adjacent to an activating group) is 1. The summed E-state index contributed by atoms with van der Waals surface area (Å²) in [5.41, 5.74) is 0.785. The summed E-state index contributed by atoms with van der Waals surface area (Å²) in [5.74, 6) is -0.426. The Kier molecular flexibility index (Phi) is 4.95. The van der Waals surface area contributed by atoms with Crippen LogP contribution in [0.15, 0.2) is 6.07 Å². The van der Waals surface area contributed by atoms with Crippen LogP contribution in [-0.2, 0) is 9.53 Å². The number of aromatic nitrogens is 2. The SMILES string of the molecule is CCOc1cc(C)nc(N(CC)C2COCC2C(=O)O)n1. The molecule has 0 aliphatic carbocycles. The van der Waals surface area contributed by atoms with Crippen molar-refractivity contribution in [2.45, 2.75) is 26.8 Å². The topological polar surface area (TPSA) is 84.8 Å². The number of anilines is 1. The van der Waals surface area contributed by atoms with Crippen molar-refractivity contribution >= 4 is 11.9 Å². The molecule has 1 fully saturated rings. The highest BCUT2D eigenvalue weighted by Gasteiger charge is 2.38. The average molecular weight is 295 g/mol. The smallest absolute Gasteiger partial charge is 0.311 e. The van der Waals surface area contributed by atoms with Gasteiger partial charge in [-0.05, 0) is 20.8 Å². The summed E-state index contributed by atoms with van der Waals surface area (Å²) in [5, 5.41) is 9.30. The molecule has 1 aromatic heterocycles. The van der Waals surface area contributed by atoms with E-state index in [0.717, 1.165) is 5.69 Å². The second kappa shape index (κ2) is 6.71. The minimum Gasteiger partial charge on any atom is -0.481 e. The second-order valence-corrected chi connectivity index (χ2v) is 4.92. The predicted octanol–water partition coefficient (Wildman–Crippen LogP) is 1.11. The third-order valence-electron chi connectivity index (χ3n) is 3.48. The molecule has 7 nitrogen and oxygen atoms in total. The van der Waals surface area contributed by atoms with Crippen LogP contribution in [0.3, 0.4) is 0 Å². The maximum Gasteiger partial charge on any atom is 0.311 e. The molecule has 2 atom stereocenters. The molecule has 1 saturated heterocycles. The molecular formula is C14H21N3O4. The molecular weight excluding hydrogens is 274 g/mol. The van der Waals surface area contributed by atoms with Gasteiger partial charge in [0, 0.05) is 18.3 Å². The maximum atomic E-state index is 11.3. The van der Waals surface area contributed by atoms with Crippen molar-refractivity contribution in [3.8, 4) is 5.88 Å². The molecule has 2 rings (SSSR count). The van der Waals surface area contributed by atoms with E-state index in [1.54, 1.807) is 6.07 Å². The largest absolute Gasteiger partial charge is 0.481 e. The molecule has 1 N–H and O–H groups in total. The standard InChI is InChI=1S/C14H21N3O4/c1-4-17(11-8-20-7-10(11)13(18)19)14-15-9(3)6-12(16-14)21-5-2/h6,10-11H,4-5,7-8H2,1-3H3,(H,18,19). The van der Waals surface area contributed by atoms with Gasteiger partial charge in [0.2, 0.25) is 11.8 Å². The molecule has 1 aliphatic rings. The first-order valence-electron chi connectivity index (χ1n) is 7.12. The lowest BCUT2D eigenvalue weighted by Gasteiger charge is -2.29. The van der Waals surface area contributed by atoms with Crippen molar-refractivity contribution < 1.29 is 19.4 Å². The third kappa shape index (κ3) is 3.41. The van der Waals surface area contributed by atoms with E-state index in [1.165, 1.54) is 0 Å². The Hall–Kier alpha value is -1.89. The van der Waals surface area contributed by atoms with E-state index in [0.29, 0.717) is 31.6 Å². The molecule has 21 heavy (non-hydrogen) atoms. The molecule has 0 amide bonds. The number of carbonyl (C=O) groups is 1. The van der Waals surface area contributed by atoms with Gasteiger partial charge in [0.1, 0.15) is 5.92 Å². The summed E-state index contributed by atoms with van der Waals surface area (Å²) in [6.45, 7) is 7.41. The van der Waals surface area contributed by atoms with E-state index in [-0.39, 0.29) is 12.6 Å². The Balaban J connectivity index is 2.30. The molecule has 2 unspecified atom stereocenters. The van der Waals surface area contributed by atoms with Gasteiger partial charge in [-0.1, -0.05) is 0 Å². The van der Waals surface area contributed by atoms with E-state index < -0.39 is 11.9 Å². The first-order chi connectivity index (χ1) is 10.1. The lowest BCUT2D eigenvalue weighted by atomic mass is 10.0. The van der Waals surface area contributed by atoms with Crippen LogP contribution in [0.4, 0.5) is 5.95 Å². The predicted molar refractivity (Wildman–Crippen MR) is 76.7 cm³/mol. The number of aryl methyl sites for hydroxylation is 1. The highest BCUT2D eigenvalue weighted by Crippen LogP contribution is 2.25. The Labute approximate surface area is 123 Å². The van der Waals surface area contributed by atoms with Crippen LogP contribution in [0, 0.1) is 12.8 Å². The first kappa shape index (κ1) is 15.5. The Bertz CT molecular complexity index is 509. The second-order valence-electron chi connectivity index (χ2n) is 4.92. The molecule has 0 aromatic carbocycles. The van der Waals surface area contributed by atoms with Crippen molar-refractivity contribution in [2.75, 3.05) is 31.3 Å². The quantitative estimate of drug-likeness (QED) is 0.841. The normalized spacial score (nSPS) is 21.3. The van der Waals surface area contributed by atoms with Crippen LogP contribution in [0.2, 0.25) is 0 Å². The monoisotopic (exact) mass is 295 g/mol. The summed E-state index contributed by atoms with van der Waals surface area (Å²) >= 11 is 0. The molecule has 2 heterocycles. The van der Waals surface area contributed by atoms with Crippen LogP contribution in [0.25, 0.3) is 0 Å². The Morgan fingerprint density at radius 3 is 2.86 bits per heavy atom.